The Bertz CT molecular complexity index is 1320. The molecule has 6 heteroatoms. The molecule has 35 heavy (non-hydrogen) atoms. The van der Waals surface area contributed by atoms with E-state index in [1.54, 1.807) is 0 Å². The fourth-order valence-electron chi connectivity index (χ4n) is 5.19. The number of hydrogen-bond acceptors (Lipinski definition) is 4. The summed E-state index contributed by atoms with van der Waals surface area (Å²) in [5.41, 5.74) is 4.85. The molecule has 0 radical (unpaired) electrons. The Labute approximate surface area is 206 Å². The number of methoxy groups -OCH3 is 1. The Hall–Kier alpha value is -3.59. The Morgan fingerprint density at radius 1 is 1.11 bits per heavy atom. The molecule has 6 nitrogen and oxygen atoms in total. The van der Waals surface area contributed by atoms with Gasteiger partial charge in [0.15, 0.2) is 0 Å². The second-order valence-electron chi connectivity index (χ2n) is 9.66. The van der Waals surface area contributed by atoms with E-state index in [1.807, 2.05) is 29.9 Å². The molecule has 3 aromatic rings. The standard InChI is InChI=1S/C29H31N3O3/c1-3-5-21-12-15-25(28(33)31-24-13-10-22(11-14-24)29(34)35-2)27-26(21)17-30-32(27)18-19-6-4-7-23(16-19)20-8-9-20/h4,6-7,12,15-17,20,22,24H,8-11,13-14,18H2,1-2H3,(H,31,33). The van der Waals surface area contributed by atoms with E-state index in [0.717, 1.165) is 42.1 Å². The van der Waals surface area contributed by atoms with Crippen LogP contribution < -0.4 is 5.32 Å². The van der Waals surface area contributed by atoms with Gasteiger partial charge >= 0.3 is 5.97 Å². The summed E-state index contributed by atoms with van der Waals surface area (Å²) >= 11 is 0. The normalized spacial score (nSPS) is 19.6. The maximum Gasteiger partial charge on any atom is 0.308 e. The van der Waals surface area contributed by atoms with Gasteiger partial charge in [-0.3, -0.25) is 14.3 Å². The molecule has 0 aliphatic heterocycles. The highest BCUT2D eigenvalue weighted by Crippen LogP contribution is 2.40. The molecule has 2 saturated carbocycles. The molecule has 5 rings (SSSR count). The molecule has 2 fully saturated rings. The smallest absolute Gasteiger partial charge is 0.308 e. The maximum atomic E-state index is 13.4. The number of benzene rings is 2. The fourth-order valence-corrected chi connectivity index (χ4v) is 5.19. The van der Waals surface area contributed by atoms with Crippen LogP contribution in [0.4, 0.5) is 0 Å². The number of nitrogens with zero attached hydrogens (tertiary/aromatic N) is 2. The summed E-state index contributed by atoms with van der Waals surface area (Å²) in [5, 5.41) is 8.76. The minimum absolute atomic E-state index is 0.0418. The van der Waals surface area contributed by atoms with Gasteiger partial charge < -0.3 is 10.1 Å². The zero-order valence-electron chi connectivity index (χ0n) is 20.3. The summed E-state index contributed by atoms with van der Waals surface area (Å²) in [4.78, 5) is 25.3. The van der Waals surface area contributed by atoms with Crippen molar-refractivity contribution in [3.8, 4) is 11.8 Å². The molecule has 2 aliphatic carbocycles. The van der Waals surface area contributed by atoms with Crippen molar-refractivity contribution in [1.82, 2.24) is 15.1 Å². The number of nitrogens with one attached hydrogen (secondary N) is 1. The summed E-state index contributed by atoms with van der Waals surface area (Å²) in [7, 11) is 1.43. The summed E-state index contributed by atoms with van der Waals surface area (Å²) in [6.45, 7) is 2.41. The van der Waals surface area contributed by atoms with Crippen LogP contribution in [0.3, 0.4) is 0 Å². The van der Waals surface area contributed by atoms with Gasteiger partial charge in [-0.15, -0.1) is 5.92 Å². The predicted octanol–water partition coefficient (Wildman–Crippen LogP) is 4.80. The first-order valence-electron chi connectivity index (χ1n) is 12.5. The van der Waals surface area contributed by atoms with Crippen LogP contribution in [-0.2, 0) is 16.1 Å². The summed E-state index contributed by atoms with van der Waals surface area (Å²) < 4.78 is 6.81. The van der Waals surface area contributed by atoms with Crippen LogP contribution in [0.2, 0.25) is 0 Å². The molecule has 1 N–H and O–H groups in total. The van der Waals surface area contributed by atoms with E-state index in [0.29, 0.717) is 18.0 Å². The van der Waals surface area contributed by atoms with Gasteiger partial charge in [-0.05, 0) is 74.6 Å². The first-order valence-corrected chi connectivity index (χ1v) is 12.5. The van der Waals surface area contributed by atoms with E-state index >= 15 is 0 Å². The minimum Gasteiger partial charge on any atom is -0.469 e. The first kappa shape index (κ1) is 23.2. The molecule has 2 aliphatic rings. The lowest BCUT2D eigenvalue weighted by Gasteiger charge is -2.27. The van der Waals surface area contributed by atoms with E-state index in [1.165, 1.54) is 31.1 Å². The molecule has 0 unspecified atom stereocenters. The summed E-state index contributed by atoms with van der Waals surface area (Å²) in [6, 6.07) is 12.5. The number of carbonyl (C=O) groups is 2. The summed E-state index contributed by atoms with van der Waals surface area (Å²) in [6.07, 6.45) is 7.33. The maximum absolute atomic E-state index is 13.4. The highest BCUT2D eigenvalue weighted by Gasteiger charge is 2.29. The third kappa shape index (κ3) is 4.95. The zero-order valence-corrected chi connectivity index (χ0v) is 20.3. The summed E-state index contributed by atoms with van der Waals surface area (Å²) in [5.74, 6) is 6.47. The van der Waals surface area contributed by atoms with Crippen molar-refractivity contribution >= 4 is 22.8 Å². The van der Waals surface area contributed by atoms with Crippen LogP contribution in [0.1, 0.15) is 78.4 Å². The van der Waals surface area contributed by atoms with Crippen molar-refractivity contribution in [2.45, 2.75) is 64.0 Å². The van der Waals surface area contributed by atoms with E-state index < -0.39 is 0 Å². The van der Waals surface area contributed by atoms with Gasteiger partial charge in [0.2, 0.25) is 0 Å². The number of fused-ring (bicyclic) bond motifs is 1. The molecule has 0 atom stereocenters. The van der Waals surface area contributed by atoms with Gasteiger partial charge in [-0.2, -0.15) is 5.10 Å². The van der Waals surface area contributed by atoms with Crippen molar-refractivity contribution in [2.24, 2.45) is 5.92 Å². The fraction of sp³-hybridized carbons (Fsp3) is 0.414. The lowest BCUT2D eigenvalue weighted by molar-refractivity contribution is -0.146. The van der Waals surface area contributed by atoms with Crippen molar-refractivity contribution < 1.29 is 14.3 Å². The number of carbonyl (C=O) groups excluding carboxylic acids is 2. The van der Waals surface area contributed by atoms with Crippen molar-refractivity contribution in [3.05, 3.63) is 64.8 Å². The third-order valence-electron chi connectivity index (χ3n) is 7.23. The molecule has 1 aromatic heterocycles. The van der Waals surface area contributed by atoms with Gasteiger partial charge in [0.25, 0.3) is 5.91 Å². The molecular formula is C29H31N3O3. The van der Waals surface area contributed by atoms with Gasteiger partial charge in [0.05, 0.1) is 36.8 Å². The number of hydrogen-bond donors (Lipinski definition) is 1. The van der Waals surface area contributed by atoms with E-state index in [4.69, 9.17) is 4.74 Å². The molecule has 0 spiro atoms. The molecular weight excluding hydrogens is 438 g/mol. The molecule has 1 amide bonds. The second-order valence-corrected chi connectivity index (χ2v) is 9.66. The molecule has 2 aromatic carbocycles. The molecule has 0 bridgehead atoms. The lowest BCUT2D eigenvalue weighted by atomic mass is 9.86. The highest BCUT2D eigenvalue weighted by atomic mass is 16.5. The monoisotopic (exact) mass is 469 g/mol. The Kier molecular flexibility index (Phi) is 6.59. The number of aromatic nitrogens is 2. The highest BCUT2D eigenvalue weighted by molar-refractivity contribution is 6.07. The Balaban J connectivity index is 1.41. The second kappa shape index (κ2) is 9.95. The largest absolute Gasteiger partial charge is 0.469 e. The van der Waals surface area contributed by atoms with Crippen LogP contribution in [0.5, 0.6) is 0 Å². The Morgan fingerprint density at radius 3 is 2.63 bits per heavy atom. The number of esters is 1. The minimum atomic E-state index is -0.154. The van der Waals surface area contributed by atoms with Crippen molar-refractivity contribution in [3.63, 3.8) is 0 Å². The van der Waals surface area contributed by atoms with Gasteiger partial charge in [-0.1, -0.05) is 30.2 Å². The van der Waals surface area contributed by atoms with Crippen LogP contribution in [0, 0.1) is 17.8 Å². The number of rotatable bonds is 6. The molecule has 180 valence electrons. The van der Waals surface area contributed by atoms with Gasteiger partial charge in [-0.25, -0.2) is 0 Å². The van der Waals surface area contributed by atoms with Crippen LogP contribution in [-0.4, -0.2) is 34.8 Å². The SMILES string of the molecule is CC#Cc1ccc(C(=O)NC2CCC(C(=O)OC)CC2)c2c1cnn2Cc1cccc(C2CC2)c1. The van der Waals surface area contributed by atoms with Crippen LogP contribution in [0.25, 0.3) is 10.9 Å². The molecule has 0 saturated heterocycles. The van der Waals surface area contributed by atoms with E-state index in [-0.39, 0.29) is 23.8 Å². The average molecular weight is 470 g/mol. The first-order chi connectivity index (χ1) is 17.1. The zero-order chi connectivity index (χ0) is 24.4. The van der Waals surface area contributed by atoms with E-state index in [9.17, 15) is 9.59 Å². The van der Waals surface area contributed by atoms with Gasteiger partial charge in [0.1, 0.15) is 0 Å². The Morgan fingerprint density at radius 2 is 1.91 bits per heavy atom. The van der Waals surface area contributed by atoms with Crippen LogP contribution >= 0.6 is 0 Å². The van der Waals surface area contributed by atoms with Crippen LogP contribution in [0.15, 0.2) is 42.6 Å². The van der Waals surface area contributed by atoms with Gasteiger partial charge in [0, 0.05) is 17.0 Å². The van der Waals surface area contributed by atoms with Crippen molar-refractivity contribution in [2.75, 3.05) is 7.11 Å². The van der Waals surface area contributed by atoms with Crippen molar-refractivity contribution in [1.29, 1.82) is 0 Å². The van der Waals surface area contributed by atoms with E-state index in [2.05, 4.69) is 46.5 Å². The third-order valence-corrected chi connectivity index (χ3v) is 7.23. The quantitative estimate of drug-likeness (QED) is 0.416. The number of ether oxygens (including phenoxy) is 1. The predicted molar refractivity (Wildman–Crippen MR) is 135 cm³/mol. The topological polar surface area (TPSA) is 73.2 Å². The average Bonchev–Trinajstić information content (AvgIpc) is 3.65. The lowest BCUT2D eigenvalue weighted by Crippen LogP contribution is -2.39. The molecule has 1 heterocycles. The number of amides is 1.